The number of benzene rings is 1. The van der Waals surface area contributed by atoms with Crippen LogP contribution >= 0.6 is 23.1 Å². The van der Waals surface area contributed by atoms with Gasteiger partial charge in [0.05, 0.1) is 16.9 Å². The van der Waals surface area contributed by atoms with Crippen LogP contribution in [0.4, 0.5) is 5.69 Å². The van der Waals surface area contributed by atoms with Crippen molar-refractivity contribution >= 4 is 34.7 Å². The van der Waals surface area contributed by atoms with E-state index in [0.717, 1.165) is 11.4 Å². The first-order valence-corrected chi connectivity index (χ1v) is 8.97. The number of nitrogens with one attached hydrogen (secondary N) is 1. The molecule has 1 saturated carbocycles. The number of nitrogens with zero attached hydrogens (tertiary/aromatic N) is 1. The van der Waals surface area contributed by atoms with Crippen molar-refractivity contribution in [1.82, 2.24) is 4.98 Å². The number of carbonyl (C=O) groups excluding carboxylic acids is 1. The van der Waals surface area contributed by atoms with Crippen LogP contribution in [0.2, 0.25) is 0 Å². The molecule has 1 N–H and O–H groups in total. The maximum Gasteiger partial charge on any atom is 0.267 e. The van der Waals surface area contributed by atoms with E-state index in [4.69, 9.17) is 0 Å². The third-order valence-corrected chi connectivity index (χ3v) is 6.02. The highest BCUT2D eigenvalue weighted by Crippen LogP contribution is 2.38. The van der Waals surface area contributed by atoms with Crippen molar-refractivity contribution in [2.45, 2.75) is 42.8 Å². The largest absolute Gasteiger partial charge is 0.320 e. The standard InChI is InChI=1S/C16H18N2OS2/c1-11-15(20-10-17-11)16(19)18-13-8-4-5-9-14(13)21-12-6-2-3-7-12/h4-5,8-10,12H,2-3,6-7H2,1H3,(H,18,19). The summed E-state index contributed by atoms with van der Waals surface area (Å²) >= 11 is 3.28. The zero-order valence-electron chi connectivity index (χ0n) is 12.0. The Morgan fingerprint density at radius 2 is 2.10 bits per heavy atom. The van der Waals surface area contributed by atoms with E-state index < -0.39 is 0 Å². The lowest BCUT2D eigenvalue weighted by Gasteiger charge is -2.13. The van der Waals surface area contributed by atoms with Crippen LogP contribution in [0, 0.1) is 6.92 Å². The summed E-state index contributed by atoms with van der Waals surface area (Å²) in [5.41, 5.74) is 3.41. The summed E-state index contributed by atoms with van der Waals surface area (Å²) in [5, 5.41) is 3.73. The van der Waals surface area contributed by atoms with Gasteiger partial charge in [-0.1, -0.05) is 25.0 Å². The SMILES string of the molecule is Cc1ncsc1C(=O)Nc1ccccc1SC1CCCC1. The van der Waals surface area contributed by atoms with E-state index in [1.54, 1.807) is 5.51 Å². The molecule has 1 aromatic carbocycles. The summed E-state index contributed by atoms with van der Waals surface area (Å²) in [7, 11) is 0. The summed E-state index contributed by atoms with van der Waals surface area (Å²) in [5.74, 6) is -0.0607. The monoisotopic (exact) mass is 318 g/mol. The fourth-order valence-electron chi connectivity index (χ4n) is 2.56. The second kappa shape index (κ2) is 6.62. The predicted octanol–water partition coefficient (Wildman–Crippen LogP) is 4.74. The highest BCUT2D eigenvalue weighted by Gasteiger charge is 2.19. The minimum Gasteiger partial charge on any atom is -0.320 e. The first kappa shape index (κ1) is 14.6. The van der Waals surface area contributed by atoms with Crippen LogP contribution in [-0.2, 0) is 0 Å². The highest BCUT2D eigenvalue weighted by atomic mass is 32.2. The van der Waals surface area contributed by atoms with Gasteiger partial charge < -0.3 is 5.32 Å². The van der Waals surface area contributed by atoms with Gasteiger partial charge in [0.15, 0.2) is 0 Å². The lowest BCUT2D eigenvalue weighted by Crippen LogP contribution is -2.12. The molecule has 0 aliphatic heterocycles. The highest BCUT2D eigenvalue weighted by molar-refractivity contribution is 8.00. The van der Waals surface area contributed by atoms with E-state index in [-0.39, 0.29) is 5.91 Å². The number of carbonyl (C=O) groups is 1. The van der Waals surface area contributed by atoms with Gasteiger partial charge in [0, 0.05) is 10.1 Å². The third-order valence-electron chi connectivity index (χ3n) is 3.68. The molecule has 1 aliphatic rings. The fourth-order valence-corrected chi connectivity index (χ4v) is 4.59. The van der Waals surface area contributed by atoms with E-state index in [0.29, 0.717) is 10.1 Å². The molecule has 0 bridgehead atoms. The van der Waals surface area contributed by atoms with Crippen molar-refractivity contribution in [2.75, 3.05) is 5.32 Å². The van der Waals surface area contributed by atoms with Gasteiger partial charge in [-0.05, 0) is 31.9 Å². The molecule has 1 heterocycles. The van der Waals surface area contributed by atoms with Gasteiger partial charge in [-0.2, -0.15) is 0 Å². The minimum atomic E-state index is -0.0607. The van der Waals surface area contributed by atoms with Crippen LogP contribution in [0.3, 0.4) is 0 Å². The van der Waals surface area contributed by atoms with Crippen molar-refractivity contribution in [3.05, 3.63) is 40.3 Å². The van der Waals surface area contributed by atoms with Crippen molar-refractivity contribution in [3.63, 3.8) is 0 Å². The first-order valence-electron chi connectivity index (χ1n) is 7.21. The van der Waals surface area contributed by atoms with E-state index in [9.17, 15) is 4.79 Å². The first-order chi connectivity index (χ1) is 10.2. The van der Waals surface area contributed by atoms with E-state index in [1.807, 2.05) is 36.9 Å². The van der Waals surface area contributed by atoms with Crippen LogP contribution in [0.25, 0.3) is 0 Å². The number of thiazole rings is 1. The molecular formula is C16H18N2OS2. The molecule has 3 nitrogen and oxygen atoms in total. The summed E-state index contributed by atoms with van der Waals surface area (Å²) in [6.45, 7) is 1.87. The molecule has 5 heteroatoms. The average molecular weight is 318 g/mol. The summed E-state index contributed by atoms with van der Waals surface area (Å²) in [6, 6.07) is 8.07. The quantitative estimate of drug-likeness (QED) is 0.885. The lowest BCUT2D eigenvalue weighted by atomic mass is 10.3. The van der Waals surface area contributed by atoms with Gasteiger partial charge in [0.2, 0.25) is 0 Å². The molecule has 0 spiro atoms. The zero-order chi connectivity index (χ0) is 14.7. The van der Waals surface area contributed by atoms with Crippen LogP contribution in [0.1, 0.15) is 41.0 Å². The number of anilines is 1. The molecule has 0 radical (unpaired) electrons. The number of amides is 1. The Morgan fingerprint density at radius 1 is 1.33 bits per heavy atom. The third kappa shape index (κ3) is 3.47. The topological polar surface area (TPSA) is 42.0 Å². The number of hydrogen-bond acceptors (Lipinski definition) is 4. The molecule has 1 aromatic heterocycles. The summed E-state index contributed by atoms with van der Waals surface area (Å²) in [6.07, 6.45) is 5.21. The van der Waals surface area contributed by atoms with Gasteiger partial charge in [-0.15, -0.1) is 23.1 Å². The van der Waals surface area contributed by atoms with Gasteiger partial charge in [-0.3, -0.25) is 4.79 Å². The second-order valence-corrected chi connectivity index (χ2v) is 7.44. The maximum absolute atomic E-state index is 12.3. The zero-order valence-corrected chi connectivity index (χ0v) is 13.6. The van der Waals surface area contributed by atoms with Crippen LogP contribution in [0.5, 0.6) is 0 Å². The molecule has 1 amide bonds. The van der Waals surface area contributed by atoms with Crippen LogP contribution in [-0.4, -0.2) is 16.1 Å². The normalized spacial score (nSPS) is 15.3. The molecule has 0 saturated heterocycles. The molecular weight excluding hydrogens is 300 g/mol. The number of thioether (sulfide) groups is 1. The van der Waals surface area contributed by atoms with Gasteiger partial charge in [0.25, 0.3) is 5.91 Å². The number of aromatic nitrogens is 1. The van der Waals surface area contributed by atoms with Gasteiger partial charge >= 0.3 is 0 Å². The van der Waals surface area contributed by atoms with Gasteiger partial charge in [-0.25, -0.2) is 4.98 Å². The molecule has 0 atom stereocenters. The molecule has 3 rings (SSSR count). The predicted molar refractivity (Wildman–Crippen MR) is 89.4 cm³/mol. The summed E-state index contributed by atoms with van der Waals surface area (Å²) in [4.78, 5) is 18.3. The van der Waals surface area contributed by atoms with Crippen LogP contribution in [0.15, 0.2) is 34.7 Å². The molecule has 1 aliphatic carbocycles. The Labute approximate surface area is 133 Å². The molecule has 0 unspecified atom stereocenters. The van der Waals surface area contributed by atoms with Crippen LogP contribution < -0.4 is 5.32 Å². The number of para-hydroxylation sites is 1. The lowest BCUT2D eigenvalue weighted by molar-refractivity contribution is 0.102. The fraction of sp³-hybridized carbons (Fsp3) is 0.375. The van der Waals surface area contributed by atoms with E-state index >= 15 is 0 Å². The Morgan fingerprint density at radius 3 is 2.81 bits per heavy atom. The number of aryl methyl sites for hydroxylation is 1. The number of rotatable bonds is 4. The minimum absolute atomic E-state index is 0.0607. The maximum atomic E-state index is 12.3. The molecule has 2 aromatic rings. The van der Waals surface area contributed by atoms with E-state index in [1.165, 1.54) is 41.9 Å². The molecule has 110 valence electrons. The van der Waals surface area contributed by atoms with Crippen molar-refractivity contribution in [3.8, 4) is 0 Å². The van der Waals surface area contributed by atoms with E-state index in [2.05, 4.69) is 16.4 Å². The smallest absolute Gasteiger partial charge is 0.267 e. The molecule has 1 fully saturated rings. The average Bonchev–Trinajstić information content (AvgIpc) is 3.12. The second-order valence-electron chi connectivity index (χ2n) is 5.24. The Bertz CT molecular complexity index is 633. The summed E-state index contributed by atoms with van der Waals surface area (Å²) < 4.78 is 0. The van der Waals surface area contributed by atoms with Crippen molar-refractivity contribution < 1.29 is 4.79 Å². The van der Waals surface area contributed by atoms with Crippen molar-refractivity contribution in [2.24, 2.45) is 0 Å². The van der Waals surface area contributed by atoms with Crippen molar-refractivity contribution in [1.29, 1.82) is 0 Å². The Balaban J connectivity index is 1.75. The Hall–Kier alpha value is -1.33. The van der Waals surface area contributed by atoms with Gasteiger partial charge in [0.1, 0.15) is 4.88 Å². The molecule has 21 heavy (non-hydrogen) atoms. The number of hydrogen-bond donors (Lipinski definition) is 1. The Kier molecular flexibility index (Phi) is 4.60.